The van der Waals surface area contributed by atoms with Gasteiger partial charge in [0, 0.05) is 31.9 Å². The van der Waals surface area contributed by atoms with Gasteiger partial charge in [-0.3, -0.25) is 4.99 Å². The molecule has 0 bridgehead atoms. The molecule has 2 aromatic rings. The van der Waals surface area contributed by atoms with Crippen molar-refractivity contribution in [1.82, 2.24) is 30.4 Å². The number of nitrogens with one attached hydrogen (secondary N) is 2. The number of aliphatic imine (C=N–C) groups is 1. The van der Waals surface area contributed by atoms with E-state index in [1.165, 1.54) is 0 Å². The molecule has 7 nitrogen and oxygen atoms in total. The highest BCUT2D eigenvalue weighted by atomic mass is 127. The van der Waals surface area contributed by atoms with Crippen LogP contribution in [0.2, 0.25) is 0 Å². The van der Waals surface area contributed by atoms with E-state index in [1.807, 2.05) is 6.26 Å². The predicted molar refractivity (Wildman–Crippen MR) is 126 cm³/mol. The second kappa shape index (κ2) is 12.7. The molecule has 2 rings (SSSR count). The van der Waals surface area contributed by atoms with Crippen LogP contribution in [0.1, 0.15) is 36.8 Å². The Kier molecular flexibility index (Phi) is 11.4. The van der Waals surface area contributed by atoms with E-state index < -0.39 is 11.9 Å². The Morgan fingerprint density at radius 2 is 2.03 bits per heavy atom. The van der Waals surface area contributed by atoms with Crippen LogP contribution in [0.15, 0.2) is 15.5 Å². The van der Waals surface area contributed by atoms with Crippen molar-refractivity contribution in [1.29, 1.82) is 0 Å². The second-order valence-electron chi connectivity index (χ2n) is 6.69. The van der Waals surface area contributed by atoms with Crippen molar-refractivity contribution in [3.63, 3.8) is 0 Å². The maximum absolute atomic E-state index is 12.6. The minimum absolute atomic E-state index is 0. The lowest BCUT2D eigenvalue weighted by Gasteiger charge is -2.13. The molecule has 0 aliphatic carbocycles. The number of thiazole rings is 1. The summed E-state index contributed by atoms with van der Waals surface area (Å²) in [4.78, 5) is 7.69. The third kappa shape index (κ3) is 8.21. The lowest BCUT2D eigenvalue weighted by atomic mass is 10.2. The van der Waals surface area contributed by atoms with Crippen molar-refractivity contribution >= 4 is 53.0 Å². The molecule has 0 unspecified atom stereocenters. The van der Waals surface area contributed by atoms with Crippen molar-refractivity contribution in [3.8, 4) is 0 Å². The maximum atomic E-state index is 12.6. The number of halogens is 4. The molecular weight excluding hydrogens is 550 g/mol. The van der Waals surface area contributed by atoms with Gasteiger partial charge in [0.15, 0.2) is 16.8 Å². The summed E-state index contributed by atoms with van der Waals surface area (Å²) in [5.41, 5.74) is -0.864. The third-order valence-corrected chi connectivity index (χ3v) is 5.38. The van der Waals surface area contributed by atoms with Crippen molar-refractivity contribution < 1.29 is 13.2 Å². The van der Waals surface area contributed by atoms with E-state index in [0.717, 1.165) is 47.1 Å². The van der Waals surface area contributed by atoms with Gasteiger partial charge in [-0.2, -0.15) is 13.2 Å². The van der Waals surface area contributed by atoms with Crippen molar-refractivity contribution in [3.05, 3.63) is 21.9 Å². The van der Waals surface area contributed by atoms with E-state index in [2.05, 4.69) is 49.2 Å². The minimum atomic E-state index is -4.42. The summed E-state index contributed by atoms with van der Waals surface area (Å²) in [6.07, 6.45) is -0.838. The van der Waals surface area contributed by atoms with Gasteiger partial charge in [-0.25, -0.2) is 4.98 Å². The zero-order chi connectivity index (χ0) is 21.4. The summed E-state index contributed by atoms with van der Waals surface area (Å²) in [5, 5.41) is 17.0. The van der Waals surface area contributed by atoms with Gasteiger partial charge in [0.1, 0.15) is 10.8 Å². The summed E-state index contributed by atoms with van der Waals surface area (Å²) in [7, 11) is 1.61. The molecule has 0 spiro atoms. The van der Waals surface area contributed by atoms with Crippen molar-refractivity contribution in [2.45, 2.75) is 51.1 Å². The predicted octanol–water partition coefficient (Wildman–Crippen LogP) is 4.05. The van der Waals surface area contributed by atoms with E-state index in [4.69, 9.17) is 0 Å². The topological polar surface area (TPSA) is 80.0 Å². The Bertz CT molecular complexity index is 806. The summed E-state index contributed by atoms with van der Waals surface area (Å²) in [5.74, 6) is 1.97. The van der Waals surface area contributed by atoms with Crippen LogP contribution in [0.25, 0.3) is 0 Å². The Morgan fingerprint density at radius 3 is 2.60 bits per heavy atom. The van der Waals surface area contributed by atoms with Gasteiger partial charge in [-0.15, -0.1) is 45.5 Å². The number of alkyl halides is 3. The van der Waals surface area contributed by atoms with Crippen LogP contribution in [0, 0.1) is 5.92 Å². The van der Waals surface area contributed by atoms with Crippen LogP contribution in [-0.4, -0.2) is 45.6 Å². The van der Waals surface area contributed by atoms with E-state index in [-0.39, 0.29) is 30.5 Å². The molecular formula is C17H27F3IN7S2. The van der Waals surface area contributed by atoms with E-state index in [1.54, 1.807) is 18.8 Å². The fourth-order valence-electron chi connectivity index (χ4n) is 2.56. The van der Waals surface area contributed by atoms with Gasteiger partial charge in [0.25, 0.3) is 0 Å². The molecule has 13 heteroatoms. The average molecular weight is 577 g/mol. The molecule has 0 radical (unpaired) electrons. The number of hydrogen-bond acceptors (Lipinski definition) is 6. The number of aryl methyl sites for hydroxylation is 1. The number of rotatable bonds is 9. The molecule has 0 saturated heterocycles. The zero-order valence-electron chi connectivity index (χ0n) is 17.3. The SMILES string of the molecule is CN=C(NCCCc1nnc(SC)n1CC(C)C)NCc1nc(C(F)(F)F)cs1.I. The average Bonchev–Trinajstić information content (AvgIpc) is 3.28. The standard InChI is InChI=1S/C17H26F3N7S2.HI/c1-11(2)9-27-13(25-26-16(27)28-4)6-5-7-22-15(21-3)23-8-14-24-12(10-29-14)17(18,19)20;/h10-11H,5-9H2,1-4H3,(H2,21,22,23);1H. The van der Waals surface area contributed by atoms with Crippen molar-refractivity contribution in [2.75, 3.05) is 19.8 Å². The molecule has 2 N–H and O–H groups in total. The molecule has 0 aliphatic heterocycles. The normalized spacial score (nSPS) is 12.2. The highest BCUT2D eigenvalue weighted by Gasteiger charge is 2.33. The number of thioether (sulfide) groups is 1. The van der Waals surface area contributed by atoms with Crippen LogP contribution in [-0.2, 0) is 25.7 Å². The quantitative estimate of drug-likeness (QED) is 0.154. The van der Waals surface area contributed by atoms with E-state index >= 15 is 0 Å². The summed E-state index contributed by atoms with van der Waals surface area (Å²) < 4.78 is 40.0. The molecule has 0 atom stereocenters. The third-order valence-electron chi connectivity index (χ3n) is 3.87. The first-order chi connectivity index (χ1) is 13.7. The summed E-state index contributed by atoms with van der Waals surface area (Å²) in [6, 6.07) is 0. The van der Waals surface area contributed by atoms with Crippen LogP contribution >= 0.6 is 47.1 Å². The molecule has 0 aromatic carbocycles. The van der Waals surface area contributed by atoms with Gasteiger partial charge in [-0.1, -0.05) is 25.6 Å². The molecule has 0 saturated carbocycles. The van der Waals surface area contributed by atoms with Gasteiger partial charge < -0.3 is 15.2 Å². The lowest BCUT2D eigenvalue weighted by Crippen LogP contribution is -2.37. The first-order valence-corrected chi connectivity index (χ1v) is 11.3. The maximum Gasteiger partial charge on any atom is 0.434 e. The van der Waals surface area contributed by atoms with Crippen LogP contribution in [0.4, 0.5) is 13.2 Å². The summed E-state index contributed by atoms with van der Waals surface area (Å²) >= 11 is 2.55. The minimum Gasteiger partial charge on any atom is -0.356 e. The number of aromatic nitrogens is 4. The lowest BCUT2D eigenvalue weighted by molar-refractivity contribution is -0.140. The molecule has 0 aliphatic rings. The largest absolute Gasteiger partial charge is 0.434 e. The van der Waals surface area contributed by atoms with Crippen molar-refractivity contribution in [2.24, 2.45) is 10.9 Å². The smallest absolute Gasteiger partial charge is 0.356 e. The zero-order valence-corrected chi connectivity index (χ0v) is 21.2. The molecule has 0 fully saturated rings. The molecule has 0 amide bonds. The van der Waals surface area contributed by atoms with E-state index in [9.17, 15) is 13.2 Å². The number of guanidine groups is 1. The Hall–Kier alpha value is -1.09. The number of hydrogen-bond donors (Lipinski definition) is 2. The van der Waals surface area contributed by atoms with Crippen LogP contribution in [0.3, 0.4) is 0 Å². The van der Waals surface area contributed by atoms with Crippen LogP contribution < -0.4 is 10.6 Å². The highest BCUT2D eigenvalue weighted by molar-refractivity contribution is 14.0. The van der Waals surface area contributed by atoms with Gasteiger partial charge in [-0.05, 0) is 18.6 Å². The first-order valence-electron chi connectivity index (χ1n) is 9.16. The van der Waals surface area contributed by atoms with E-state index in [0.29, 0.717) is 23.4 Å². The fraction of sp³-hybridized carbons (Fsp3) is 0.647. The molecule has 2 aromatic heterocycles. The summed E-state index contributed by atoms with van der Waals surface area (Å²) in [6.45, 7) is 6.02. The monoisotopic (exact) mass is 577 g/mol. The Morgan fingerprint density at radius 1 is 1.30 bits per heavy atom. The number of nitrogens with zero attached hydrogens (tertiary/aromatic N) is 5. The fourth-order valence-corrected chi connectivity index (χ4v) is 3.82. The van der Waals surface area contributed by atoms with Gasteiger partial charge in [0.2, 0.25) is 0 Å². The Labute approximate surface area is 199 Å². The van der Waals surface area contributed by atoms with Gasteiger partial charge in [0.05, 0.1) is 6.54 Å². The molecule has 30 heavy (non-hydrogen) atoms. The van der Waals surface area contributed by atoms with Gasteiger partial charge >= 0.3 is 6.18 Å². The Balaban J connectivity index is 0.00000450. The molecule has 2 heterocycles. The molecule has 170 valence electrons. The van der Waals surface area contributed by atoms with Crippen LogP contribution in [0.5, 0.6) is 0 Å². The second-order valence-corrected chi connectivity index (χ2v) is 8.40. The highest BCUT2D eigenvalue weighted by Crippen LogP contribution is 2.29. The first kappa shape index (κ1) is 26.9.